The van der Waals surface area contributed by atoms with Crippen molar-refractivity contribution < 1.29 is 0 Å². The minimum atomic E-state index is 0.696. The summed E-state index contributed by atoms with van der Waals surface area (Å²) in [6, 6.07) is 20.4. The second kappa shape index (κ2) is 5.81. The van der Waals surface area contributed by atoms with E-state index in [0.717, 1.165) is 28.8 Å². The molecule has 118 valence electrons. The predicted molar refractivity (Wildman–Crippen MR) is 97.9 cm³/mol. The van der Waals surface area contributed by atoms with Crippen LogP contribution in [0.15, 0.2) is 89.2 Å². The molecule has 0 atom stereocenters. The molecule has 0 aromatic heterocycles. The maximum atomic E-state index is 4.73. The molecule has 0 N–H and O–H groups in total. The van der Waals surface area contributed by atoms with Crippen LogP contribution in [0.4, 0.5) is 0 Å². The summed E-state index contributed by atoms with van der Waals surface area (Å²) in [7, 11) is 0. The number of hydrazone groups is 1. The van der Waals surface area contributed by atoms with Crippen molar-refractivity contribution in [3.8, 4) is 0 Å². The van der Waals surface area contributed by atoms with Crippen LogP contribution in [0.25, 0.3) is 5.70 Å². The lowest BCUT2D eigenvalue weighted by atomic mass is 10.1. The Kier molecular flexibility index (Phi) is 3.50. The van der Waals surface area contributed by atoms with E-state index in [9.17, 15) is 0 Å². The topological polar surface area (TPSA) is 31.2 Å². The second-order valence-electron chi connectivity index (χ2n) is 5.81. The molecule has 0 saturated heterocycles. The molecule has 4 heteroatoms. The Morgan fingerprint density at radius 1 is 0.958 bits per heavy atom. The molecule has 0 unspecified atom stereocenters. The largest absolute Gasteiger partial charge is 0.265 e. The van der Waals surface area contributed by atoms with Crippen molar-refractivity contribution in [1.82, 2.24) is 9.91 Å². The zero-order chi connectivity index (χ0) is 16.5. The van der Waals surface area contributed by atoms with Gasteiger partial charge in [0.25, 0.3) is 0 Å². The average Bonchev–Trinajstić information content (AvgIpc) is 2.93. The Hall–Kier alpha value is -3.14. The van der Waals surface area contributed by atoms with Gasteiger partial charge in [-0.25, -0.2) is 10.0 Å². The normalized spacial score (nSPS) is 16.5. The fourth-order valence-corrected chi connectivity index (χ4v) is 2.94. The highest BCUT2D eigenvalue weighted by Gasteiger charge is 2.31. The number of fused-ring (bicyclic) bond motifs is 1. The Bertz CT molecular complexity index is 863. The zero-order valence-electron chi connectivity index (χ0n) is 13.6. The first-order valence-corrected chi connectivity index (χ1v) is 7.94. The molecule has 2 heterocycles. The Labute approximate surface area is 141 Å². The Morgan fingerprint density at radius 3 is 2.33 bits per heavy atom. The fraction of sp³-hybridized carbons (Fsp3) is 0.100. The van der Waals surface area contributed by atoms with Crippen molar-refractivity contribution in [2.24, 2.45) is 10.1 Å². The first-order chi connectivity index (χ1) is 11.7. The van der Waals surface area contributed by atoms with Gasteiger partial charge < -0.3 is 0 Å². The summed E-state index contributed by atoms with van der Waals surface area (Å²) >= 11 is 0. The summed E-state index contributed by atoms with van der Waals surface area (Å²) in [5, 5.41) is 6.66. The highest BCUT2D eigenvalue weighted by atomic mass is 15.6. The number of hydrogen-bond acceptors (Lipinski definition) is 4. The number of amidine groups is 2. The van der Waals surface area contributed by atoms with Crippen LogP contribution in [-0.4, -0.2) is 21.6 Å². The van der Waals surface area contributed by atoms with Gasteiger partial charge in [0, 0.05) is 11.6 Å². The van der Waals surface area contributed by atoms with Crippen LogP contribution in [0.2, 0.25) is 0 Å². The number of rotatable bonds is 3. The van der Waals surface area contributed by atoms with Crippen molar-refractivity contribution >= 4 is 17.4 Å². The first-order valence-electron chi connectivity index (χ1n) is 7.94. The lowest BCUT2D eigenvalue weighted by Gasteiger charge is -2.25. The third kappa shape index (κ3) is 2.52. The van der Waals surface area contributed by atoms with Crippen LogP contribution in [-0.2, 0) is 6.54 Å². The highest BCUT2D eigenvalue weighted by Crippen LogP contribution is 2.29. The van der Waals surface area contributed by atoms with Crippen molar-refractivity contribution in [2.75, 3.05) is 0 Å². The summed E-state index contributed by atoms with van der Waals surface area (Å²) < 4.78 is 0. The van der Waals surface area contributed by atoms with Gasteiger partial charge in [0.15, 0.2) is 5.84 Å². The Morgan fingerprint density at radius 2 is 1.62 bits per heavy atom. The summed E-state index contributed by atoms with van der Waals surface area (Å²) in [6.07, 6.45) is 2.01. The lowest BCUT2D eigenvalue weighted by molar-refractivity contribution is 0.343. The third-order valence-corrected chi connectivity index (χ3v) is 4.12. The molecule has 2 aromatic rings. The molecule has 4 rings (SSSR count). The highest BCUT2D eigenvalue weighted by molar-refractivity contribution is 6.14. The van der Waals surface area contributed by atoms with Crippen molar-refractivity contribution in [2.45, 2.75) is 13.5 Å². The van der Waals surface area contributed by atoms with E-state index in [4.69, 9.17) is 10.1 Å². The van der Waals surface area contributed by atoms with Crippen LogP contribution < -0.4 is 0 Å². The van der Waals surface area contributed by atoms with E-state index < -0.39 is 0 Å². The van der Waals surface area contributed by atoms with Gasteiger partial charge >= 0.3 is 0 Å². The van der Waals surface area contributed by atoms with Gasteiger partial charge in [0.1, 0.15) is 11.7 Å². The quantitative estimate of drug-likeness (QED) is 0.855. The monoisotopic (exact) mass is 314 g/mol. The predicted octanol–water partition coefficient (Wildman–Crippen LogP) is 4.06. The summed E-state index contributed by atoms with van der Waals surface area (Å²) in [4.78, 5) is 6.72. The minimum Gasteiger partial charge on any atom is -0.265 e. The summed E-state index contributed by atoms with van der Waals surface area (Å²) in [5.74, 6) is 2.58. The molecule has 2 aromatic carbocycles. The van der Waals surface area contributed by atoms with Crippen LogP contribution in [0.1, 0.15) is 18.1 Å². The molecule has 0 fully saturated rings. The van der Waals surface area contributed by atoms with Gasteiger partial charge in [0.05, 0.1) is 12.2 Å². The molecule has 24 heavy (non-hydrogen) atoms. The zero-order valence-corrected chi connectivity index (χ0v) is 13.6. The van der Waals surface area contributed by atoms with Gasteiger partial charge in [0.2, 0.25) is 0 Å². The van der Waals surface area contributed by atoms with E-state index in [2.05, 4.69) is 30.8 Å². The SMILES string of the molecule is C=C1N(Cc2ccccc2)N=C2C=C(c3ccccc3)N=C(C)N12. The lowest BCUT2D eigenvalue weighted by Crippen LogP contribution is -2.33. The van der Waals surface area contributed by atoms with Crippen molar-refractivity contribution in [3.05, 3.63) is 90.3 Å². The number of hydrogen-bond donors (Lipinski definition) is 0. The molecule has 0 amide bonds. The van der Waals surface area contributed by atoms with Crippen LogP contribution >= 0.6 is 0 Å². The molecule has 0 bridgehead atoms. The number of benzene rings is 2. The maximum absolute atomic E-state index is 4.73. The Balaban J connectivity index is 1.66. The molecular formula is C20H18N4. The van der Waals surface area contributed by atoms with E-state index in [0.29, 0.717) is 6.54 Å². The van der Waals surface area contributed by atoms with E-state index >= 15 is 0 Å². The first kappa shape index (κ1) is 14.5. The van der Waals surface area contributed by atoms with E-state index in [1.807, 2.05) is 59.3 Å². The van der Waals surface area contributed by atoms with E-state index in [-0.39, 0.29) is 0 Å². The third-order valence-electron chi connectivity index (χ3n) is 4.12. The average molecular weight is 314 g/mol. The molecule has 0 radical (unpaired) electrons. The fourth-order valence-electron chi connectivity index (χ4n) is 2.94. The van der Waals surface area contributed by atoms with Gasteiger partial charge in [-0.2, -0.15) is 5.10 Å². The van der Waals surface area contributed by atoms with Crippen molar-refractivity contribution in [3.63, 3.8) is 0 Å². The van der Waals surface area contributed by atoms with E-state index in [1.165, 1.54) is 5.56 Å². The minimum absolute atomic E-state index is 0.696. The molecular weight excluding hydrogens is 296 g/mol. The number of nitrogens with zero attached hydrogens (tertiary/aromatic N) is 4. The van der Waals surface area contributed by atoms with Gasteiger partial charge in [-0.15, -0.1) is 0 Å². The van der Waals surface area contributed by atoms with Crippen LogP contribution in [0.3, 0.4) is 0 Å². The van der Waals surface area contributed by atoms with Gasteiger partial charge in [-0.05, 0) is 12.5 Å². The number of aliphatic imine (C=N–C) groups is 1. The smallest absolute Gasteiger partial charge is 0.162 e. The van der Waals surface area contributed by atoms with Crippen LogP contribution in [0, 0.1) is 0 Å². The van der Waals surface area contributed by atoms with Gasteiger partial charge in [-0.1, -0.05) is 67.2 Å². The maximum Gasteiger partial charge on any atom is 0.162 e. The molecule has 2 aliphatic rings. The van der Waals surface area contributed by atoms with Crippen LogP contribution in [0.5, 0.6) is 0 Å². The molecule has 2 aliphatic heterocycles. The second-order valence-corrected chi connectivity index (χ2v) is 5.81. The summed E-state index contributed by atoms with van der Waals surface area (Å²) in [6.45, 7) is 6.88. The van der Waals surface area contributed by atoms with Gasteiger partial charge in [-0.3, -0.25) is 4.90 Å². The molecule has 0 saturated carbocycles. The standard InChI is InChI=1S/C20H18N4/c1-15-21-19(18-11-7-4-8-12-18)13-20-22-23(16(2)24(15)20)14-17-9-5-3-6-10-17/h3-13H,2,14H2,1H3. The molecule has 0 aliphatic carbocycles. The molecule has 4 nitrogen and oxygen atoms in total. The summed E-state index contributed by atoms with van der Waals surface area (Å²) in [5.41, 5.74) is 3.22. The molecule has 0 spiro atoms. The van der Waals surface area contributed by atoms with E-state index in [1.54, 1.807) is 0 Å². The van der Waals surface area contributed by atoms with Crippen molar-refractivity contribution in [1.29, 1.82) is 0 Å².